The number of carbonyl (C=O) groups is 1. The molecular weight excluding hydrogens is 268 g/mol. The molecule has 100 valence electrons. The maximum absolute atomic E-state index is 12.0. The molecule has 0 spiro atoms. The highest BCUT2D eigenvalue weighted by atomic mass is 35.5. The van der Waals surface area contributed by atoms with Crippen LogP contribution in [0.4, 0.5) is 5.69 Å². The summed E-state index contributed by atoms with van der Waals surface area (Å²) in [6, 6.07) is 5.23. The Morgan fingerprint density at radius 2 is 2.28 bits per heavy atom. The summed E-state index contributed by atoms with van der Waals surface area (Å²) in [4.78, 5) is 12.0. The Hall–Kier alpha value is -0.870. The molecule has 0 radical (unpaired) electrons. The van der Waals surface area contributed by atoms with Crippen LogP contribution < -0.4 is 11.1 Å². The second kappa shape index (κ2) is 7.54. The SMILES string of the molecule is CCSCCC(C)NC(=O)c1cccc(N)c1Cl. The van der Waals surface area contributed by atoms with E-state index in [2.05, 4.69) is 12.2 Å². The molecule has 1 aromatic rings. The maximum atomic E-state index is 12.0. The van der Waals surface area contributed by atoms with Gasteiger partial charge < -0.3 is 11.1 Å². The number of hydrogen-bond donors (Lipinski definition) is 2. The van der Waals surface area contributed by atoms with Crippen molar-refractivity contribution < 1.29 is 4.79 Å². The van der Waals surface area contributed by atoms with Crippen LogP contribution in [0.15, 0.2) is 18.2 Å². The molecule has 1 aromatic carbocycles. The molecule has 3 nitrogen and oxygen atoms in total. The highest BCUT2D eigenvalue weighted by molar-refractivity contribution is 7.99. The molecule has 0 fully saturated rings. The molecule has 5 heteroatoms. The lowest BCUT2D eigenvalue weighted by Gasteiger charge is -2.14. The third-order valence-corrected chi connectivity index (χ3v) is 3.90. The van der Waals surface area contributed by atoms with E-state index in [1.54, 1.807) is 18.2 Å². The van der Waals surface area contributed by atoms with Crippen LogP contribution in [-0.4, -0.2) is 23.5 Å². The van der Waals surface area contributed by atoms with Gasteiger partial charge in [0.2, 0.25) is 0 Å². The van der Waals surface area contributed by atoms with Crippen LogP contribution in [0.3, 0.4) is 0 Å². The molecule has 1 unspecified atom stereocenters. The summed E-state index contributed by atoms with van der Waals surface area (Å²) in [5, 5.41) is 3.26. The lowest BCUT2D eigenvalue weighted by molar-refractivity contribution is 0.0939. The van der Waals surface area contributed by atoms with Gasteiger partial charge in [0.25, 0.3) is 5.91 Å². The zero-order valence-corrected chi connectivity index (χ0v) is 12.3. The van der Waals surface area contributed by atoms with Crippen LogP contribution in [0.5, 0.6) is 0 Å². The van der Waals surface area contributed by atoms with Crippen molar-refractivity contribution in [2.75, 3.05) is 17.2 Å². The van der Waals surface area contributed by atoms with Gasteiger partial charge in [0.1, 0.15) is 0 Å². The van der Waals surface area contributed by atoms with E-state index in [0.717, 1.165) is 17.9 Å². The number of rotatable bonds is 6. The third kappa shape index (κ3) is 4.42. The third-order valence-electron chi connectivity index (χ3n) is 2.55. The standard InChI is InChI=1S/C13H19ClN2OS/c1-3-18-8-7-9(2)16-13(17)10-5-4-6-11(15)12(10)14/h4-6,9H,3,7-8,15H2,1-2H3,(H,16,17). The fourth-order valence-electron chi connectivity index (χ4n) is 1.50. The van der Waals surface area contributed by atoms with Crippen LogP contribution in [0.1, 0.15) is 30.6 Å². The summed E-state index contributed by atoms with van der Waals surface area (Å²) in [6.07, 6.45) is 0.949. The number of benzene rings is 1. The molecule has 0 aliphatic rings. The van der Waals surface area contributed by atoms with Crippen molar-refractivity contribution in [3.63, 3.8) is 0 Å². The number of nitrogen functional groups attached to an aromatic ring is 1. The first-order chi connectivity index (χ1) is 8.56. The summed E-state index contributed by atoms with van der Waals surface area (Å²) in [5.41, 5.74) is 6.54. The average Bonchev–Trinajstić information content (AvgIpc) is 2.32. The van der Waals surface area contributed by atoms with Crippen LogP contribution in [-0.2, 0) is 0 Å². The first-order valence-corrected chi connectivity index (χ1v) is 7.52. The largest absolute Gasteiger partial charge is 0.398 e. The van der Waals surface area contributed by atoms with Crippen molar-refractivity contribution in [2.45, 2.75) is 26.3 Å². The summed E-state index contributed by atoms with van der Waals surface area (Å²) in [6.45, 7) is 4.12. The van der Waals surface area contributed by atoms with Crippen LogP contribution in [0.25, 0.3) is 0 Å². The van der Waals surface area contributed by atoms with E-state index in [4.69, 9.17) is 17.3 Å². The zero-order chi connectivity index (χ0) is 13.5. The first-order valence-electron chi connectivity index (χ1n) is 5.98. The molecular formula is C13H19ClN2OS. The van der Waals surface area contributed by atoms with Crippen molar-refractivity contribution in [3.8, 4) is 0 Å². The van der Waals surface area contributed by atoms with Gasteiger partial charge in [0.05, 0.1) is 16.3 Å². The van der Waals surface area contributed by atoms with Crippen molar-refractivity contribution in [2.24, 2.45) is 0 Å². The molecule has 0 saturated heterocycles. The Bertz CT molecular complexity index is 412. The molecule has 0 heterocycles. The smallest absolute Gasteiger partial charge is 0.253 e. The van der Waals surface area contributed by atoms with E-state index < -0.39 is 0 Å². The summed E-state index contributed by atoms with van der Waals surface area (Å²) >= 11 is 7.88. The lowest BCUT2D eigenvalue weighted by atomic mass is 10.1. The maximum Gasteiger partial charge on any atom is 0.253 e. The molecule has 1 atom stereocenters. The molecule has 1 amide bonds. The van der Waals surface area contributed by atoms with E-state index in [1.807, 2.05) is 18.7 Å². The van der Waals surface area contributed by atoms with E-state index in [-0.39, 0.29) is 11.9 Å². The lowest BCUT2D eigenvalue weighted by Crippen LogP contribution is -2.33. The van der Waals surface area contributed by atoms with Crippen LogP contribution in [0.2, 0.25) is 5.02 Å². The van der Waals surface area contributed by atoms with Gasteiger partial charge in [-0.05, 0) is 37.0 Å². The van der Waals surface area contributed by atoms with E-state index in [0.29, 0.717) is 16.3 Å². The van der Waals surface area contributed by atoms with E-state index in [9.17, 15) is 4.79 Å². The molecule has 0 aromatic heterocycles. The van der Waals surface area contributed by atoms with Gasteiger partial charge in [-0.15, -0.1) is 0 Å². The minimum atomic E-state index is -0.165. The summed E-state index contributed by atoms with van der Waals surface area (Å²) < 4.78 is 0. The van der Waals surface area contributed by atoms with E-state index >= 15 is 0 Å². The van der Waals surface area contributed by atoms with Crippen LogP contribution in [0, 0.1) is 0 Å². The van der Waals surface area contributed by atoms with Gasteiger partial charge in [0, 0.05) is 6.04 Å². The Morgan fingerprint density at radius 3 is 2.94 bits per heavy atom. The number of carbonyl (C=O) groups excluding carboxylic acids is 1. The number of nitrogens with two attached hydrogens (primary N) is 1. The normalized spacial score (nSPS) is 12.2. The molecule has 1 rings (SSSR count). The Kier molecular flexibility index (Phi) is 6.36. The predicted octanol–water partition coefficient (Wildman–Crippen LogP) is 3.18. The monoisotopic (exact) mass is 286 g/mol. The van der Waals surface area contributed by atoms with Crippen molar-refractivity contribution in [1.29, 1.82) is 0 Å². The number of thioether (sulfide) groups is 1. The fraction of sp³-hybridized carbons (Fsp3) is 0.462. The second-order valence-corrected chi connectivity index (χ2v) is 5.84. The second-order valence-electron chi connectivity index (χ2n) is 4.07. The topological polar surface area (TPSA) is 55.1 Å². The molecule has 0 aliphatic heterocycles. The number of anilines is 1. The van der Waals surface area contributed by atoms with Gasteiger partial charge in [-0.25, -0.2) is 0 Å². The minimum Gasteiger partial charge on any atom is -0.398 e. The fourth-order valence-corrected chi connectivity index (χ4v) is 2.52. The highest BCUT2D eigenvalue weighted by Crippen LogP contribution is 2.23. The van der Waals surface area contributed by atoms with E-state index in [1.165, 1.54) is 0 Å². The number of nitrogens with one attached hydrogen (secondary N) is 1. The van der Waals surface area contributed by atoms with Gasteiger partial charge in [-0.2, -0.15) is 11.8 Å². The Balaban J connectivity index is 2.57. The van der Waals surface area contributed by atoms with Gasteiger partial charge >= 0.3 is 0 Å². The average molecular weight is 287 g/mol. The highest BCUT2D eigenvalue weighted by Gasteiger charge is 2.14. The van der Waals surface area contributed by atoms with Crippen LogP contribution >= 0.6 is 23.4 Å². The number of halogens is 1. The summed E-state index contributed by atoms with van der Waals surface area (Å²) in [5.74, 6) is 1.98. The summed E-state index contributed by atoms with van der Waals surface area (Å²) in [7, 11) is 0. The number of amides is 1. The molecule has 3 N–H and O–H groups in total. The Labute approximate surface area is 117 Å². The van der Waals surface area contributed by atoms with Crippen molar-refractivity contribution >= 4 is 35.0 Å². The number of hydrogen-bond acceptors (Lipinski definition) is 3. The van der Waals surface area contributed by atoms with Gasteiger partial charge in [0.15, 0.2) is 0 Å². The first kappa shape index (κ1) is 15.2. The predicted molar refractivity (Wildman–Crippen MR) is 80.4 cm³/mol. The zero-order valence-electron chi connectivity index (χ0n) is 10.7. The molecule has 0 aliphatic carbocycles. The Morgan fingerprint density at radius 1 is 1.56 bits per heavy atom. The molecule has 18 heavy (non-hydrogen) atoms. The van der Waals surface area contributed by atoms with Crippen molar-refractivity contribution in [3.05, 3.63) is 28.8 Å². The molecule has 0 bridgehead atoms. The minimum absolute atomic E-state index is 0.133. The quantitative estimate of drug-likeness (QED) is 0.624. The van der Waals surface area contributed by atoms with Crippen molar-refractivity contribution in [1.82, 2.24) is 5.32 Å². The molecule has 0 saturated carbocycles. The van der Waals surface area contributed by atoms with Gasteiger partial charge in [-0.3, -0.25) is 4.79 Å². The van der Waals surface area contributed by atoms with Gasteiger partial charge in [-0.1, -0.05) is 24.6 Å².